The molecule has 0 N–H and O–H groups in total. The highest BCUT2D eigenvalue weighted by Crippen LogP contribution is 2.34. The molecular formula is C21H19ClN2O4S2. The summed E-state index contributed by atoms with van der Waals surface area (Å²) in [5.74, 6) is 0.723. The average Bonchev–Trinajstić information content (AvgIpc) is 2.94. The molecule has 1 aliphatic heterocycles. The molecule has 0 aliphatic carbocycles. The molecule has 0 saturated carbocycles. The molecule has 0 bridgehead atoms. The lowest BCUT2D eigenvalue weighted by atomic mass is 10.2. The first-order valence-corrected chi connectivity index (χ1v) is 10.8. The lowest BCUT2D eigenvalue weighted by molar-refractivity contribution is -0.384. The minimum Gasteiger partial charge on any atom is -0.487 e. The Labute approximate surface area is 189 Å². The molecule has 0 radical (unpaired) electrons. The third-order valence-corrected chi connectivity index (χ3v) is 5.89. The largest absolute Gasteiger partial charge is 0.487 e. The zero-order chi connectivity index (χ0) is 21.8. The van der Waals surface area contributed by atoms with Crippen molar-refractivity contribution in [3.63, 3.8) is 0 Å². The number of hydrogen-bond donors (Lipinski definition) is 0. The number of carbonyl (C=O) groups is 1. The van der Waals surface area contributed by atoms with E-state index in [1.807, 2.05) is 19.9 Å². The highest BCUT2D eigenvalue weighted by Gasteiger charge is 2.32. The fourth-order valence-electron chi connectivity index (χ4n) is 2.77. The van der Waals surface area contributed by atoms with Crippen LogP contribution in [0.25, 0.3) is 6.08 Å². The highest BCUT2D eigenvalue weighted by molar-refractivity contribution is 8.26. The van der Waals surface area contributed by atoms with Crippen molar-refractivity contribution in [3.05, 3.63) is 73.6 Å². The van der Waals surface area contributed by atoms with E-state index in [-0.39, 0.29) is 18.2 Å². The van der Waals surface area contributed by atoms with Gasteiger partial charge in [0, 0.05) is 18.7 Å². The Morgan fingerprint density at radius 3 is 2.57 bits per heavy atom. The number of thiocarbonyl (C=S) groups is 1. The van der Waals surface area contributed by atoms with Crippen LogP contribution in [0.3, 0.4) is 0 Å². The predicted octanol–water partition coefficient (Wildman–Crippen LogP) is 5.68. The molecular weight excluding hydrogens is 444 g/mol. The number of hydrogen-bond acceptors (Lipinski definition) is 6. The number of non-ortho nitro benzene ring substituents is 1. The molecule has 1 aliphatic rings. The maximum Gasteiger partial charge on any atom is 0.269 e. The number of thioether (sulfide) groups is 1. The number of carbonyl (C=O) groups excluding carboxylic acids is 1. The number of rotatable bonds is 7. The smallest absolute Gasteiger partial charge is 0.269 e. The van der Waals surface area contributed by atoms with Crippen molar-refractivity contribution in [2.45, 2.75) is 20.5 Å². The van der Waals surface area contributed by atoms with Crippen molar-refractivity contribution in [3.8, 4) is 5.75 Å². The molecule has 0 atom stereocenters. The van der Waals surface area contributed by atoms with Gasteiger partial charge in [-0.1, -0.05) is 55.5 Å². The van der Waals surface area contributed by atoms with Gasteiger partial charge in [-0.15, -0.1) is 0 Å². The number of halogens is 1. The molecule has 1 saturated heterocycles. The highest BCUT2D eigenvalue weighted by atomic mass is 35.5. The normalized spacial score (nSPS) is 15.3. The van der Waals surface area contributed by atoms with Crippen molar-refractivity contribution in [2.24, 2.45) is 5.92 Å². The van der Waals surface area contributed by atoms with Crippen LogP contribution in [0.5, 0.6) is 5.75 Å². The van der Waals surface area contributed by atoms with Gasteiger partial charge in [0.25, 0.3) is 11.6 Å². The Morgan fingerprint density at radius 1 is 1.27 bits per heavy atom. The van der Waals surface area contributed by atoms with Crippen molar-refractivity contribution in [1.82, 2.24) is 4.90 Å². The SMILES string of the molecule is CC(C)CN1C(=O)C(=Cc2ccc(OCc3ccc([N+](=O)[O-])cc3)c(Cl)c2)SC1=S. The lowest BCUT2D eigenvalue weighted by Gasteiger charge is -2.16. The van der Waals surface area contributed by atoms with Gasteiger partial charge in [0.05, 0.1) is 14.9 Å². The summed E-state index contributed by atoms with van der Waals surface area (Å²) in [7, 11) is 0. The van der Waals surface area contributed by atoms with Crippen LogP contribution in [0.15, 0.2) is 47.4 Å². The van der Waals surface area contributed by atoms with E-state index < -0.39 is 4.92 Å². The molecule has 3 rings (SSSR count). The van der Waals surface area contributed by atoms with Crippen molar-refractivity contribution >= 4 is 57.6 Å². The molecule has 156 valence electrons. The summed E-state index contributed by atoms with van der Waals surface area (Å²) in [6.45, 7) is 4.90. The van der Waals surface area contributed by atoms with E-state index in [2.05, 4.69) is 0 Å². The summed E-state index contributed by atoms with van der Waals surface area (Å²) in [6.07, 6.45) is 1.77. The van der Waals surface area contributed by atoms with Crippen LogP contribution in [0.4, 0.5) is 5.69 Å². The Morgan fingerprint density at radius 2 is 1.97 bits per heavy atom. The summed E-state index contributed by atoms with van der Waals surface area (Å²) >= 11 is 12.9. The molecule has 30 heavy (non-hydrogen) atoms. The first-order chi connectivity index (χ1) is 14.2. The maximum absolute atomic E-state index is 12.6. The van der Waals surface area contributed by atoms with Gasteiger partial charge in [-0.05, 0) is 47.4 Å². The van der Waals surface area contributed by atoms with Crippen LogP contribution in [0, 0.1) is 16.0 Å². The molecule has 6 nitrogen and oxygen atoms in total. The van der Waals surface area contributed by atoms with E-state index in [0.717, 1.165) is 11.1 Å². The first kappa shape index (κ1) is 22.3. The van der Waals surface area contributed by atoms with Gasteiger partial charge in [-0.3, -0.25) is 19.8 Å². The van der Waals surface area contributed by atoms with Crippen LogP contribution in [-0.2, 0) is 11.4 Å². The van der Waals surface area contributed by atoms with Gasteiger partial charge < -0.3 is 4.74 Å². The van der Waals surface area contributed by atoms with Gasteiger partial charge in [-0.2, -0.15) is 0 Å². The molecule has 1 heterocycles. The minimum absolute atomic E-state index is 0.0277. The van der Waals surface area contributed by atoms with Gasteiger partial charge in [0.1, 0.15) is 16.7 Å². The number of ether oxygens (including phenoxy) is 1. The Balaban J connectivity index is 1.68. The number of nitro groups is 1. The Bertz CT molecular complexity index is 1020. The van der Waals surface area contributed by atoms with E-state index in [0.29, 0.717) is 32.5 Å². The first-order valence-electron chi connectivity index (χ1n) is 9.15. The second-order valence-corrected chi connectivity index (χ2v) is 9.17. The molecule has 0 aromatic heterocycles. The van der Waals surface area contributed by atoms with Gasteiger partial charge in [0.15, 0.2) is 0 Å². The topological polar surface area (TPSA) is 72.7 Å². The fourth-order valence-corrected chi connectivity index (χ4v) is 4.29. The predicted molar refractivity (Wildman–Crippen MR) is 124 cm³/mol. The van der Waals surface area contributed by atoms with E-state index in [1.54, 1.807) is 35.2 Å². The van der Waals surface area contributed by atoms with Crippen LogP contribution in [-0.4, -0.2) is 26.6 Å². The lowest BCUT2D eigenvalue weighted by Crippen LogP contribution is -2.31. The monoisotopic (exact) mass is 462 g/mol. The Hall–Kier alpha value is -2.42. The summed E-state index contributed by atoms with van der Waals surface area (Å²) in [4.78, 5) is 25.0. The number of nitrogens with zero attached hydrogens (tertiary/aromatic N) is 2. The van der Waals surface area contributed by atoms with Gasteiger partial charge >= 0.3 is 0 Å². The number of amides is 1. The van der Waals surface area contributed by atoms with Crippen molar-refractivity contribution in [1.29, 1.82) is 0 Å². The van der Waals surface area contributed by atoms with Crippen molar-refractivity contribution in [2.75, 3.05) is 6.54 Å². The summed E-state index contributed by atoms with van der Waals surface area (Å²) < 4.78 is 6.29. The zero-order valence-corrected chi connectivity index (χ0v) is 18.7. The van der Waals surface area contributed by atoms with E-state index in [4.69, 9.17) is 28.6 Å². The quantitative estimate of drug-likeness (QED) is 0.228. The van der Waals surface area contributed by atoms with Crippen LogP contribution in [0.2, 0.25) is 5.02 Å². The summed E-state index contributed by atoms with van der Waals surface area (Å²) in [5.41, 5.74) is 1.59. The van der Waals surface area contributed by atoms with Crippen LogP contribution < -0.4 is 4.74 Å². The molecule has 9 heteroatoms. The molecule has 2 aromatic rings. The Kier molecular flexibility index (Phi) is 7.12. The van der Waals surface area contributed by atoms with E-state index >= 15 is 0 Å². The third-order valence-electron chi connectivity index (χ3n) is 4.22. The second kappa shape index (κ2) is 9.59. The zero-order valence-electron chi connectivity index (χ0n) is 16.3. The molecule has 2 aromatic carbocycles. The standard InChI is InChI=1S/C21H19ClN2O4S2/c1-13(2)11-23-20(25)19(30-21(23)29)10-15-5-8-18(17(22)9-15)28-12-14-3-6-16(7-4-14)24(26)27/h3-10,13H,11-12H2,1-2H3. The summed E-state index contributed by atoms with van der Waals surface area (Å²) in [5, 5.41) is 11.1. The summed E-state index contributed by atoms with van der Waals surface area (Å²) in [6, 6.07) is 11.4. The second-order valence-electron chi connectivity index (χ2n) is 7.09. The van der Waals surface area contributed by atoms with Crippen LogP contribution in [0.1, 0.15) is 25.0 Å². The fraction of sp³-hybridized carbons (Fsp3) is 0.238. The molecule has 0 spiro atoms. The molecule has 0 unspecified atom stereocenters. The third kappa shape index (κ3) is 5.38. The van der Waals surface area contributed by atoms with E-state index in [1.165, 1.54) is 23.9 Å². The van der Waals surface area contributed by atoms with Crippen molar-refractivity contribution < 1.29 is 14.5 Å². The molecule has 1 amide bonds. The molecule has 1 fully saturated rings. The van der Waals surface area contributed by atoms with Crippen LogP contribution >= 0.6 is 35.6 Å². The minimum atomic E-state index is -0.448. The maximum atomic E-state index is 12.6. The van der Waals surface area contributed by atoms with Gasteiger partial charge in [-0.25, -0.2) is 0 Å². The average molecular weight is 463 g/mol. The van der Waals surface area contributed by atoms with E-state index in [9.17, 15) is 14.9 Å². The van der Waals surface area contributed by atoms with Gasteiger partial charge in [0.2, 0.25) is 0 Å². The number of benzene rings is 2. The number of nitro benzene ring substituents is 1.